The van der Waals surface area contributed by atoms with Gasteiger partial charge in [0.1, 0.15) is 0 Å². The van der Waals surface area contributed by atoms with Crippen LogP contribution in [0.4, 0.5) is 10.3 Å². The Hall–Kier alpha value is -2.23. The Morgan fingerprint density at radius 2 is 1.80 bits per heavy atom. The van der Waals surface area contributed by atoms with E-state index < -0.39 is 0 Å². The van der Waals surface area contributed by atoms with Gasteiger partial charge in [-0.15, -0.1) is 10.2 Å². The number of esters is 1. The monoisotopic (exact) mass is 435 g/mol. The van der Waals surface area contributed by atoms with Gasteiger partial charge in [0, 0.05) is 39.1 Å². The first-order valence-corrected chi connectivity index (χ1v) is 11.7. The van der Waals surface area contributed by atoms with Gasteiger partial charge in [-0.1, -0.05) is 11.3 Å². The minimum Gasteiger partial charge on any atom is -0.466 e. The van der Waals surface area contributed by atoms with E-state index in [4.69, 9.17) is 4.74 Å². The van der Waals surface area contributed by atoms with Gasteiger partial charge in [0.05, 0.1) is 18.4 Å². The number of piperidine rings is 2. The molecule has 3 fully saturated rings. The molecule has 0 spiro atoms. The fourth-order valence-corrected chi connectivity index (χ4v) is 5.43. The van der Waals surface area contributed by atoms with Crippen LogP contribution in [0.1, 0.15) is 45.4 Å². The number of aromatic nitrogens is 2. The highest BCUT2D eigenvalue weighted by Gasteiger charge is 2.34. The molecule has 3 aliphatic rings. The van der Waals surface area contributed by atoms with Crippen molar-refractivity contribution in [2.45, 2.75) is 45.4 Å². The van der Waals surface area contributed by atoms with E-state index in [1.807, 2.05) is 11.8 Å². The topological polar surface area (TPSA) is 95.9 Å². The number of hydrogen-bond acceptors (Lipinski definition) is 8. The maximum atomic E-state index is 13.1. The first-order valence-electron chi connectivity index (χ1n) is 10.9. The molecule has 4 rings (SSSR count). The van der Waals surface area contributed by atoms with Crippen molar-refractivity contribution < 1.29 is 19.1 Å². The average Bonchev–Trinajstić information content (AvgIpc) is 3.42. The van der Waals surface area contributed by atoms with E-state index in [0.29, 0.717) is 57.2 Å². The van der Waals surface area contributed by atoms with Gasteiger partial charge in [-0.2, -0.15) is 0 Å². The second-order valence-electron chi connectivity index (χ2n) is 8.15. The van der Waals surface area contributed by atoms with E-state index in [2.05, 4.69) is 15.1 Å². The Morgan fingerprint density at radius 1 is 1.03 bits per heavy atom. The second-order valence-corrected chi connectivity index (χ2v) is 9.09. The summed E-state index contributed by atoms with van der Waals surface area (Å²) in [5.74, 6) is -0.0299. The van der Waals surface area contributed by atoms with Crippen LogP contribution in [0.3, 0.4) is 0 Å². The zero-order valence-electron chi connectivity index (χ0n) is 17.4. The minimum absolute atomic E-state index is 0.0707. The zero-order valence-corrected chi connectivity index (χ0v) is 18.2. The normalized spacial score (nSPS) is 23.2. The van der Waals surface area contributed by atoms with Crippen LogP contribution in [0.15, 0.2) is 0 Å². The summed E-state index contributed by atoms with van der Waals surface area (Å²) in [4.78, 5) is 42.7. The number of carbonyl (C=O) groups is 3. The number of hydrogen-bond donors (Lipinski definition) is 0. The number of nitrogens with zero attached hydrogens (tertiary/aromatic N) is 5. The number of ether oxygens (including phenoxy) is 1. The van der Waals surface area contributed by atoms with Gasteiger partial charge >= 0.3 is 5.97 Å². The maximum absolute atomic E-state index is 13.1. The largest absolute Gasteiger partial charge is 0.466 e. The van der Waals surface area contributed by atoms with E-state index in [9.17, 15) is 14.4 Å². The summed E-state index contributed by atoms with van der Waals surface area (Å²) in [5.41, 5.74) is 0. The molecular formula is C20H29N5O4S. The molecule has 1 aromatic heterocycles. The van der Waals surface area contributed by atoms with Gasteiger partial charge in [-0.05, 0) is 39.0 Å². The molecule has 10 heteroatoms. The number of carbonyl (C=O) groups excluding carboxylic acids is 3. The van der Waals surface area contributed by atoms with Crippen molar-refractivity contribution in [1.82, 2.24) is 15.1 Å². The third kappa shape index (κ3) is 4.43. The highest BCUT2D eigenvalue weighted by Crippen LogP contribution is 2.33. The van der Waals surface area contributed by atoms with Gasteiger partial charge in [-0.25, -0.2) is 0 Å². The van der Waals surface area contributed by atoms with E-state index in [1.165, 1.54) is 11.3 Å². The summed E-state index contributed by atoms with van der Waals surface area (Å²) in [6, 6.07) is 0. The van der Waals surface area contributed by atoms with Gasteiger partial charge < -0.3 is 14.5 Å². The van der Waals surface area contributed by atoms with Crippen molar-refractivity contribution in [2.24, 2.45) is 11.8 Å². The summed E-state index contributed by atoms with van der Waals surface area (Å²) in [6.45, 7) is 5.61. The molecule has 3 saturated heterocycles. The van der Waals surface area contributed by atoms with Crippen molar-refractivity contribution in [3.05, 3.63) is 0 Å². The lowest BCUT2D eigenvalue weighted by atomic mass is 9.93. The fourth-order valence-electron chi connectivity index (χ4n) is 4.50. The SMILES string of the molecule is CCOC(=O)C1CCN(C(=O)[C@H]2CCCN(c3nnc(N4CCCC4=O)s3)C2)CC1. The van der Waals surface area contributed by atoms with Crippen LogP contribution >= 0.6 is 11.3 Å². The summed E-state index contributed by atoms with van der Waals surface area (Å²) in [5, 5.41) is 9.95. The zero-order chi connectivity index (χ0) is 21.1. The predicted octanol–water partition coefficient (Wildman–Crippen LogP) is 1.68. The molecule has 0 unspecified atom stereocenters. The Balaban J connectivity index is 1.33. The van der Waals surface area contributed by atoms with Gasteiger partial charge in [0.25, 0.3) is 0 Å². The van der Waals surface area contributed by atoms with Crippen LogP contribution in [0.5, 0.6) is 0 Å². The van der Waals surface area contributed by atoms with Gasteiger partial charge in [0.2, 0.25) is 22.1 Å². The molecule has 0 N–H and O–H groups in total. The molecule has 0 radical (unpaired) electrons. The third-order valence-corrected chi connectivity index (χ3v) is 7.18. The Bertz CT molecular complexity index is 792. The Labute approximate surface area is 180 Å². The molecule has 1 aromatic rings. The fraction of sp³-hybridized carbons (Fsp3) is 0.750. The van der Waals surface area contributed by atoms with Crippen LogP contribution in [0, 0.1) is 11.8 Å². The van der Waals surface area contributed by atoms with Crippen molar-refractivity contribution in [1.29, 1.82) is 0 Å². The van der Waals surface area contributed by atoms with Gasteiger partial charge in [-0.3, -0.25) is 19.3 Å². The highest BCUT2D eigenvalue weighted by atomic mass is 32.1. The van der Waals surface area contributed by atoms with Crippen molar-refractivity contribution in [3.8, 4) is 0 Å². The number of amides is 2. The Morgan fingerprint density at radius 3 is 2.50 bits per heavy atom. The van der Waals surface area contributed by atoms with Crippen LogP contribution in [-0.2, 0) is 19.1 Å². The summed E-state index contributed by atoms with van der Waals surface area (Å²) in [6.07, 6.45) is 4.56. The van der Waals surface area contributed by atoms with E-state index in [-0.39, 0.29) is 29.6 Å². The molecule has 3 aliphatic heterocycles. The van der Waals surface area contributed by atoms with Crippen molar-refractivity contribution in [3.63, 3.8) is 0 Å². The van der Waals surface area contributed by atoms with Crippen LogP contribution in [0.25, 0.3) is 0 Å². The van der Waals surface area contributed by atoms with E-state index in [0.717, 1.165) is 30.9 Å². The average molecular weight is 436 g/mol. The molecular weight excluding hydrogens is 406 g/mol. The maximum Gasteiger partial charge on any atom is 0.309 e. The molecule has 164 valence electrons. The lowest BCUT2D eigenvalue weighted by Crippen LogP contribution is -2.48. The Kier molecular flexibility index (Phi) is 6.50. The van der Waals surface area contributed by atoms with E-state index >= 15 is 0 Å². The van der Waals surface area contributed by atoms with Gasteiger partial charge in [0.15, 0.2) is 0 Å². The molecule has 9 nitrogen and oxygen atoms in total. The lowest BCUT2D eigenvalue weighted by molar-refractivity contribution is -0.151. The van der Waals surface area contributed by atoms with Crippen LogP contribution in [-0.4, -0.2) is 72.2 Å². The quantitative estimate of drug-likeness (QED) is 0.649. The molecule has 1 atom stereocenters. The second kappa shape index (κ2) is 9.28. The van der Waals surface area contributed by atoms with Crippen molar-refractivity contribution in [2.75, 3.05) is 49.1 Å². The molecule has 4 heterocycles. The first-order chi connectivity index (χ1) is 14.6. The standard InChI is InChI=1S/C20H29N5O4S/c1-2-29-18(28)14-7-11-23(12-8-14)17(27)15-5-3-9-24(13-15)19-21-22-20(30-19)25-10-4-6-16(25)26/h14-15H,2-13H2,1H3/t15-/m0/s1. The molecule has 30 heavy (non-hydrogen) atoms. The highest BCUT2D eigenvalue weighted by molar-refractivity contribution is 7.19. The molecule has 0 aromatic carbocycles. The lowest BCUT2D eigenvalue weighted by Gasteiger charge is -2.37. The number of likely N-dealkylation sites (tertiary alicyclic amines) is 1. The molecule has 2 amide bonds. The van der Waals surface area contributed by atoms with E-state index in [1.54, 1.807) is 4.90 Å². The third-order valence-electron chi connectivity index (χ3n) is 6.18. The molecule has 0 bridgehead atoms. The number of anilines is 2. The van der Waals surface area contributed by atoms with Crippen LogP contribution in [0.2, 0.25) is 0 Å². The summed E-state index contributed by atoms with van der Waals surface area (Å²) < 4.78 is 5.12. The summed E-state index contributed by atoms with van der Waals surface area (Å²) >= 11 is 1.43. The first kappa shape index (κ1) is 21.0. The summed E-state index contributed by atoms with van der Waals surface area (Å²) in [7, 11) is 0. The van der Waals surface area contributed by atoms with Crippen molar-refractivity contribution >= 4 is 39.4 Å². The number of rotatable bonds is 5. The predicted molar refractivity (Wildman–Crippen MR) is 112 cm³/mol. The minimum atomic E-state index is -0.142. The molecule has 0 aliphatic carbocycles. The molecule has 0 saturated carbocycles. The van der Waals surface area contributed by atoms with Crippen LogP contribution < -0.4 is 9.80 Å². The smallest absolute Gasteiger partial charge is 0.309 e.